The second kappa shape index (κ2) is 5.62. The Kier molecular flexibility index (Phi) is 4.47. The molecule has 0 aromatic heterocycles. The predicted octanol–water partition coefficient (Wildman–Crippen LogP) is -1.81. The molecule has 0 saturated carbocycles. The maximum absolute atomic E-state index is 2.37. The fraction of sp³-hybridized carbons (Fsp3) is 0.250. The van der Waals surface area contributed by atoms with Crippen LogP contribution in [0.4, 0.5) is 0 Å². The van der Waals surface area contributed by atoms with E-state index < -0.39 is 0 Å². The monoisotopic (exact) mass is 323 g/mol. The van der Waals surface area contributed by atoms with Gasteiger partial charge in [0.05, 0.1) is 0 Å². The summed E-state index contributed by atoms with van der Waals surface area (Å²) in [5, 5.41) is 0. The van der Waals surface area contributed by atoms with Crippen molar-refractivity contribution in [3.63, 3.8) is 0 Å². The van der Waals surface area contributed by atoms with E-state index in [1.807, 2.05) is 0 Å². The second-order valence-corrected chi connectivity index (χ2v) is 5.93. The van der Waals surface area contributed by atoms with Crippen molar-refractivity contribution < 1.29 is 45.2 Å². The summed E-state index contributed by atoms with van der Waals surface area (Å²) in [6.45, 7) is 0. The number of hydrogen-bond donors (Lipinski definition) is 0. The standard InChI is InChI=1S/C16H13.2ClH.Ti/c1-2-5-11(4-1)14-7-3-6-13-10-12-8-9-15(12)16(13)14;;;/h1-4,6-7,10H,5,8-9H2;2*1H;/q;;;+2/p-2. The molecule has 0 nitrogen and oxygen atoms in total. The number of benzene rings is 1. The van der Waals surface area contributed by atoms with Crippen LogP contribution in [0.5, 0.6) is 0 Å². The molecule has 0 N–H and O–H groups in total. The molecule has 95 valence electrons. The fourth-order valence-electron chi connectivity index (χ4n) is 3.25. The first-order chi connectivity index (χ1) is 8.36. The van der Waals surface area contributed by atoms with E-state index >= 15 is 0 Å². The zero-order valence-corrected chi connectivity index (χ0v) is 13.5. The van der Waals surface area contributed by atoms with Crippen molar-refractivity contribution in [2.45, 2.75) is 23.5 Å². The van der Waals surface area contributed by atoms with Crippen LogP contribution in [0.3, 0.4) is 0 Å². The van der Waals surface area contributed by atoms with Crippen molar-refractivity contribution in [2.24, 2.45) is 0 Å². The van der Waals surface area contributed by atoms with Gasteiger partial charge in [-0.25, -0.2) is 0 Å². The summed E-state index contributed by atoms with van der Waals surface area (Å²) in [6, 6.07) is 6.86. The molecule has 0 radical (unpaired) electrons. The average Bonchev–Trinajstić information content (AvgIpc) is 2.86. The van der Waals surface area contributed by atoms with Gasteiger partial charge in [0.2, 0.25) is 0 Å². The predicted molar refractivity (Wildman–Crippen MR) is 67.1 cm³/mol. The van der Waals surface area contributed by atoms with Crippen LogP contribution in [0.15, 0.2) is 42.0 Å². The quantitative estimate of drug-likeness (QED) is 0.534. The van der Waals surface area contributed by atoms with Crippen LogP contribution in [-0.2, 0) is 20.4 Å². The molecule has 3 aliphatic carbocycles. The molecule has 4 rings (SSSR count). The first kappa shape index (κ1) is 15.1. The summed E-state index contributed by atoms with van der Waals surface area (Å²) in [7, 11) is 0. The van der Waals surface area contributed by atoms with Gasteiger partial charge in [0, 0.05) is 0 Å². The molecule has 1 atom stereocenters. The summed E-state index contributed by atoms with van der Waals surface area (Å²) in [5.41, 5.74) is 9.50. The van der Waals surface area contributed by atoms with E-state index in [9.17, 15) is 0 Å². The summed E-state index contributed by atoms with van der Waals surface area (Å²) < 4.78 is 0.670. The summed E-state index contributed by atoms with van der Waals surface area (Å²) in [5.74, 6) is 0. The third-order valence-corrected chi connectivity index (χ3v) is 5.24. The molecule has 19 heavy (non-hydrogen) atoms. The van der Waals surface area contributed by atoms with Crippen LogP contribution < -0.4 is 24.8 Å². The van der Waals surface area contributed by atoms with Crippen molar-refractivity contribution in [2.75, 3.05) is 0 Å². The normalized spacial score (nSPS) is 22.0. The number of hydrogen-bond acceptors (Lipinski definition) is 0. The molecule has 1 aromatic carbocycles. The number of allylic oxidation sites excluding steroid dienone is 6. The van der Waals surface area contributed by atoms with Gasteiger partial charge in [0.25, 0.3) is 0 Å². The molecule has 0 aliphatic heterocycles. The van der Waals surface area contributed by atoms with E-state index in [0.717, 1.165) is 6.42 Å². The van der Waals surface area contributed by atoms with Gasteiger partial charge in [0.15, 0.2) is 0 Å². The van der Waals surface area contributed by atoms with E-state index in [-0.39, 0.29) is 24.8 Å². The first-order valence-corrected chi connectivity index (χ1v) is 7.19. The molecular weight excluding hydrogens is 311 g/mol. The van der Waals surface area contributed by atoms with Crippen molar-refractivity contribution in [1.29, 1.82) is 0 Å². The van der Waals surface area contributed by atoms with Gasteiger partial charge in [-0.2, -0.15) is 0 Å². The van der Waals surface area contributed by atoms with Crippen molar-refractivity contribution in [3.8, 4) is 0 Å². The van der Waals surface area contributed by atoms with Gasteiger partial charge in [0.1, 0.15) is 0 Å². The topological polar surface area (TPSA) is 0 Å². The van der Waals surface area contributed by atoms with E-state index in [2.05, 4.69) is 56.9 Å². The molecule has 0 heterocycles. The van der Waals surface area contributed by atoms with Gasteiger partial charge in [-0.3, -0.25) is 0 Å². The Hall–Kier alpha value is -0.266. The molecule has 3 aliphatic rings. The molecule has 3 heteroatoms. The van der Waals surface area contributed by atoms with Gasteiger partial charge in [-0.15, -0.1) is 0 Å². The van der Waals surface area contributed by atoms with Gasteiger partial charge >= 0.3 is 114 Å². The van der Waals surface area contributed by atoms with Crippen LogP contribution >= 0.6 is 0 Å². The van der Waals surface area contributed by atoms with Crippen LogP contribution in [0, 0.1) is 0 Å². The Balaban J connectivity index is 0.000000667. The molecule has 1 unspecified atom stereocenters. The Morgan fingerprint density at radius 2 is 1.95 bits per heavy atom. The van der Waals surface area contributed by atoms with Gasteiger partial charge in [-0.1, -0.05) is 0 Å². The van der Waals surface area contributed by atoms with E-state index in [1.165, 1.54) is 24.0 Å². The minimum atomic E-state index is 0. The zero-order chi connectivity index (χ0) is 11.4. The molecule has 0 bridgehead atoms. The Morgan fingerprint density at radius 1 is 1.11 bits per heavy atom. The molecule has 0 saturated heterocycles. The van der Waals surface area contributed by atoms with Crippen molar-refractivity contribution in [3.05, 3.63) is 58.7 Å². The third kappa shape index (κ3) is 2.10. The third-order valence-electron chi connectivity index (χ3n) is 4.21. The molecule has 0 spiro atoms. The van der Waals surface area contributed by atoms with Gasteiger partial charge < -0.3 is 24.8 Å². The van der Waals surface area contributed by atoms with Crippen LogP contribution in [0.25, 0.3) is 11.1 Å². The number of halogens is 2. The molecular formula is C16H13Cl2Ti. The zero-order valence-electron chi connectivity index (χ0n) is 10.4. The van der Waals surface area contributed by atoms with E-state index in [1.54, 1.807) is 22.3 Å². The Morgan fingerprint density at radius 3 is 2.58 bits per heavy atom. The van der Waals surface area contributed by atoms with E-state index in [4.69, 9.17) is 0 Å². The summed E-state index contributed by atoms with van der Waals surface area (Å²) in [4.78, 5) is 0. The first-order valence-electron chi connectivity index (χ1n) is 6.28. The van der Waals surface area contributed by atoms with Gasteiger partial charge in [-0.05, 0) is 0 Å². The van der Waals surface area contributed by atoms with Crippen molar-refractivity contribution in [1.82, 2.24) is 0 Å². The van der Waals surface area contributed by atoms with Crippen LogP contribution in [0.1, 0.15) is 40.2 Å². The Labute approximate surface area is 138 Å². The second-order valence-electron chi connectivity index (χ2n) is 5.03. The summed E-state index contributed by atoms with van der Waals surface area (Å²) >= 11 is 2.37. The number of rotatable bonds is 1. The fourth-order valence-corrected chi connectivity index (χ4v) is 4.12. The molecule has 1 aromatic rings. The maximum atomic E-state index is 2.37. The van der Waals surface area contributed by atoms with E-state index in [0.29, 0.717) is 4.22 Å². The number of fused-ring (bicyclic) bond motifs is 2. The average molecular weight is 324 g/mol. The van der Waals surface area contributed by atoms with Crippen LogP contribution in [-0.4, -0.2) is 0 Å². The Bertz CT molecular complexity index is 611. The molecule has 0 fully saturated rings. The summed E-state index contributed by atoms with van der Waals surface area (Å²) in [6.07, 6.45) is 10.4. The SMILES string of the molecule is [Cl-].[Cl-].[Ti+2][CH]1C2=C(CC2)c2c(C3=CC=CC3)cccc21. The molecule has 0 amide bonds. The van der Waals surface area contributed by atoms with Crippen LogP contribution in [0.2, 0.25) is 0 Å². The minimum absolute atomic E-state index is 0. The van der Waals surface area contributed by atoms with Crippen molar-refractivity contribution >= 4 is 11.1 Å².